The van der Waals surface area contributed by atoms with Crippen LogP contribution in [0.1, 0.15) is 18.5 Å². The van der Waals surface area contributed by atoms with Crippen LogP contribution in [0.15, 0.2) is 53.8 Å². The molecule has 2 rings (SSSR count). The van der Waals surface area contributed by atoms with Gasteiger partial charge in [-0.2, -0.15) is 9.67 Å². The van der Waals surface area contributed by atoms with Gasteiger partial charge < -0.3 is 4.55 Å². The number of aromatic nitrogens is 1. The summed E-state index contributed by atoms with van der Waals surface area (Å²) in [6.45, 7) is 0.555. The number of unbranched alkanes of at least 4 members (excludes halogenated alkanes) is 1. The summed E-state index contributed by atoms with van der Waals surface area (Å²) in [6, 6.07) is 11.6. The van der Waals surface area contributed by atoms with Crippen LogP contribution in [0.2, 0.25) is 0 Å². The topological polar surface area (TPSA) is 120 Å². The van der Waals surface area contributed by atoms with Crippen LogP contribution < -0.4 is 9.58 Å². The van der Waals surface area contributed by atoms with Crippen molar-refractivity contribution in [1.82, 2.24) is 0 Å². The van der Waals surface area contributed by atoms with Gasteiger partial charge in [-0.3, -0.25) is 15.1 Å². The maximum absolute atomic E-state index is 10.7. The van der Waals surface area contributed by atoms with Gasteiger partial charge in [-0.25, -0.2) is 8.42 Å². The summed E-state index contributed by atoms with van der Waals surface area (Å²) < 4.78 is 33.9. The summed E-state index contributed by atoms with van der Waals surface area (Å²) in [4.78, 5) is 10.2. The Balaban J connectivity index is 2.02. The molecule has 9 nitrogen and oxygen atoms in total. The van der Waals surface area contributed by atoms with Crippen molar-refractivity contribution in [2.24, 2.45) is 5.10 Å². The van der Waals surface area contributed by atoms with Gasteiger partial charge in [0.25, 0.3) is 5.69 Å². The van der Waals surface area contributed by atoms with Crippen LogP contribution >= 0.6 is 0 Å². The molecule has 1 heterocycles. The molecule has 1 aromatic carbocycles. The SMILES string of the molecule is CN(N=Cc1cccc[n+]1CCCCS(=O)(=O)[O-])c1ccc([N+](=O)[O-])cc1. The molecule has 0 radical (unpaired) electrons. The van der Waals surface area contributed by atoms with E-state index in [0.717, 1.165) is 5.69 Å². The largest absolute Gasteiger partial charge is 0.748 e. The van der Waals surface area contributed by atoms with Gasteiger partial charge >= 0.3 is 0 Å². The molecule has 2 aromatic rings. The minimum Gasteiger partial charge on any atom is -0.748 e. The van der Waals surface area contributed by atoms with Crippen LogP contribution in [0, 0.1) is 10.1 Å². The molecule has 10 heteroatoms. The lowest BCUT2D eigenvalue weighted by Crippen LogP contribution is -2.38. The number of hydrazone groups is 1. The number of nitro groups is 1. The molecule has 144 valence electrons. The van der Waals surface area contributed by atoms with Crippen molar-refractivity contribution in [3.63, 3.8) is 0 Å². The lowest BCUT2D eigenvalue weighted by atomic mass is 10.3. The Kier molecular flexibility index (Phi) is 6.97. The second-order valence-corrected chi connectivity index (χ2v) is 7.35. The fraction of sp³-hybridized carbons (Fsp3) is 0.294. The van der Waals surface area contributed by atoms with Crippen molar-refractivity contribution in [2.75, 3.05) is 17.8 Å². The average Bonchev–Trinajstić information content (AvgIpc) is 2.63. The van der Waals surface area contributed by atoms with Gasteiger partial charge in [0.05, 0.1) is 20.7 Å². The van der Waals surface area contributed by atoms with Crippen molar-refractivity contribution in [3.05, 3.63) is 64.5 Å². The van der Waals surface area contributed by atoms with Crippen LogP contribution in [0.4, 0.5) is 11.4 Å². The van der Waals surface area contributed by atoms with E-state index in [1.54, 1.807) is 30.4 Å². The summed E-state index contributed by atoms with van der Waals surface area (Å²) in [5, 5.41) is 16.6. The molecule has 0 spiro atoms. The number of anilines is 1. The molecule has 0 N–H and O–H groups in total. The van der Waals surface area contributed by atoms with Crippen LogP contribution in [-0.4, -0.2) is 36.9 Å². The molecule has 0 atom stereocenters. The van der Waals surface area contributed by atoms with Gasteiger partial charge in [0.2, 0.25) is 5.69 Å². The first-order valence-electron chi connectivity index (χ1n) is 8.20. The maximum atomic E-state index is 10.7. The Morgan fingerprint density at radius 2 is 1.89 bits per heavy atom. The quantitative estimate of drug-likeness (QED) is 0.160. The first kappa shape index (κ1) is 20.5. The van der Waals surface area contributed by atoms with E-state index in [2.05, 4.69) is 5.10 Å². The highest BCUT2D eigenvalue weighted by Gasteiger charge is 2.09. The Bertz CT molecular complexity index is 913. The third kappa shape index (κ3) is 6.76. The highest BCUT2D eigenvalue weighted by atomic mass is 32.2. The molecule has 0 unspecified atom stereocenters. The minimum absolute atomic E-state index is 0.0112. The number of nitro benzene ring substituents is 1. The van der Waals surface area contributed by atoms with E-state index in [-0.39, 0.29) is 11.4 Å². The number of benzene rings is 1. The van der Waals surface area contributed by atoms with Gasteiger partial charge in [-0.1, -0.05) is 0 Å². The lowest BCUT2D eigenvalue weighted by molar-refractivity contribution is -0.698. The minimum atomic E-state index is -4.18. The van der Waals surface area contributed by atoms with Crippen LogP contribution in [0.3, 0.4) is 0 Å². The predicted molar refractivity (Wildman–Crippen MR) is 99.5 cm³/mol. The Labute approximate surface area is 157 Å². The number of hydrogen-bond donors (Lipinski definition) is 0. The van der Waals surface area contributed by atoms with Crippen LogP contribution in [0.25, 0.3) is 0 Å². The molecule has 0 saturated heterocycles. The molecular weight excluding hydrogens is 372 g/mol. The van der Waals surface area contributed by atoms with Crippen molar-refractivity contribution in [1.29, 1.82) is 0 Å². The monoisotopic (exact) mass is 392 g/mol. The Hall–Kier alpha value is -2.85. The molecule has 0 bridgehead atoms. The highest BCUT2D eigenvalue weighted by Crippen LogP contribution is 2.18. The van der Waals surface area contributed by atoms with Crippen molar-refractivity contribution in [3.8, 4) is 0 Å². The molecule has 0 amide bonds. The molecule has 0 aliphatic heterocycles. The number of non-ortho nitro benzene ring substituents is 1. The third-order valence-electron chi connectivity index (χ3n) is 3.82. The lowest BCUT2D eigenvalue weighted by Gasteiger charge is -2.12. The second-order valence-electron chi connectivity index (χ2n) is 5.83. The van der Waals surface area contributed by atoms with Crippen molar-refractivity contribution >= 4 is 27.7 Å². The summed E-state index contributed by atoms with van der Waals surface area (Å²) in [5.74, 6) is -0.368. The zero-order valence-corrected chi connectivity index (χ0v) is 15.6. The zero-order chi connectivity index (χ0) is 19.9. The summed E-state index contributed by atoms with van der Waals surface area (Å²) in [5.41, 5.74) is 1.51. The van der Waals surface area contributed by atoms with Gasteiger partial charge in [0, 0.05) is 43.5 Å². The predicted octanol–water partition coefficient (Wildman–Crippen LogP) is 1.68. The fourth-order valence-electron chi connectivity index (χ4n) is 2.37. The Morgan fingerprint density at radius 3 is 2.52 bits per heavy atom. The number of hydrogen-bond acceptors (Lipinski definition) is 7. The molecule has 27 heavy (non-hydrogen) atoms. The van der Waals surface area contributed by atoms with E-state index in [1.165, 1.54) is 12.1 Å². The van der Waals surface area contributed by atoms with Gasteiger partial charge in [-0.15, -0.1) is 0 Å². The van der Waals surface area contributed by atoms with Crippen LogP contribution in [-0.2, 0) is 16.7 Å². The number of rotatable bonds is 9. The van der Waals surface area contributed by atoms with Gasteiger partial charge in [0.15, 0.2) is 6.20 Å². The van der Waals surface area contributed by atoms with E-state index in [9.17, 15) is 23.1 Å². The molecular formula is C17H20N4O5S. The normalized spacial score (nSPS) is 11.6. The summed E-state index contributed by atoms with van der Waals surface area (Å²) >= 11 is 0. The number of pyridine rings is 1. The second kappa shape index (κ2) is 9.19. The van der Waals surface area contributed by atoms with Crippen LogP contribution in [0.5, 0.6) is 0 Å². The van der Waals surface area contributed by atoms with E-state index < -0.39 is 15.0 Å². The van der Waals surface area contributed by atoms with E-state index in [1.807, 2.05) is 29.0 Å². The first-order chi connectivity index (χ1) is 12.8. The fourth-order valence-corrected chi connectivity index (χ4v) is 2.93. The molecule has 1 aromatic heterocycles. The van der Waals surface area contributed by atoms with Crippen molar-refractivity contribution in [2.45, 2.75) is 19.4 Å². The third-order valence-corrected chi connectivity index (χ3v) is 4.61. The molecule has 0 aliphatic carbocycles. The molecule has 0 saturated carbocycles. The number of nitrogens with zero attached hydrogens (tertiary/aromatic N) is 4. The maximum Gasteiger partial charge on any atom is 0.269 e. The van der Waals surface area contributed by atoms with Crippen molar-refractivity contribution < 1.29 is 22.5 Å². The molecule has 0 aliphatic rings. The Morgan fingerprint density at radius 1 is 1.19 bits per heavy atom. The number of aryl methyl sites for hydroxylation is 1. The summed E-state index contributed by atoms with van der Waals surface area (Å²) in [6.07, 6.45) is 4.34. The first-order valence-corrected chi connectivity index (χ1v) is 9.78. The van der Waals surface area contributed by atoms with E-state index in [0.29, 0.717) is 25.1 Å². The molecule has 0 fully saturated rings. The van der Waals surface area contributed by atoms with Gasteiger partial charge in [0.1, 0.15) is 12.8 Å². The highest BCUT2D eigenvalue weighted by molar-refractivity contribution is 7.85. The van der Waals surface area contributed by atoms with Gasteiger partial charge in [-0.05, 0) is 24.6 Å². The van der Waals surface area contributed by atoms with E-state index >= 15 is 0 Å². The summed E-state index contributed by atoms with van der Waals surface area (Å²) in [7, 11) is -2.46. The van der Waals surface area contributed by atoms with E-state index in [4.69, 9.17) is 0 Å². The zero-order valence-electron chi connectivity index (χ0n) is 14.8. The smallest absolute Gasteiger partial charge is 0.269 e. The average molecular weight is 392 g/mol. The standard InChI is InChI=1S/C17H20N4O5S/c1-19(15-7-9-16(10-8-15)21(22)23)18-14-17-6-2-3-11-20(17)12-4-5-13-27(24,25)26/h2-3,6-11,14H,4-5,12-13H2,1H3.